The molecule has 2 rings (SSSR count). The van der Waals surface area contributed by atoms with E-state index in [9.17, 15) is 22.4 Å². The van der Waals surface area contributed by atoms with Crippen molar-refractivity contribution in [2.45, 2.75) is 43.0 Å². The minimum absolute atomic E-state index is 0.0560. The summed E-state index contributed by atoms with van der Waals surface area (Å²) in [5, 5.41) is 11.2. The molecule has 1 aromatic carbocycles. The summed E-state index contributed by atoms with van der Waals surface area (Å²) in [6, 6.07) is 3.66. The second-order valence-corrected chi connectivity index (χ2v) is 7.76. The Balaban J connectivity index is 2.10. The predicted molar refractivity (Wildman–Crippen MR) is 87.8 cm³/mol. The van der Waals surface area contributed by atoms with Gasteiger partial charge < -0.3 is 10.4 Å². The number of hydrogen-bond donors (Lipinski definition) is 2. The molecule has 0 radical (unpaired) electrons. The predicted octanol–water partition coefficient (Wildman–Crippen LogP) is 1.35. The van der Waals surface area contributed by atoms with Crippen LogP contribution < -0.4 is 5.32 Å². The largest absolute Gasteiger partial charge is 0.481 e. The van der Waals surface area contributed by atoms with Gasteiger partial charge in [0.1, 0.15) is 11.9 Å². The van der Waals surface area contributed by atoms with E-state index in [1.54, 1.807) is 0 Å². The van der Waals surface area contributed by atoms with Crippen molar-refractivity contribution in [2.75, 3.05) is 13.1 Å². The fraction of sp³-hybridized carbons (Fsp3) is 0.500. The lowest BCUT2D eigenvalue weighted by Gasteiger charge is -2.33. The van der Waals surface area contributed by atoms with Crippen molar-refractivity contribution in [2.24, 2.45) is 0 Å². The maximum atomic E-state index is 13.0. The molecule has 1 fully saturated rings. The van der Waals surface area contributed by atoms with Crippen LogP contribution in [0.4, 0.5) is 4.39 Å². The van der Waals surface area contributed by atoms with Gasteiger partial charge in [-0.1, -0.05) is 6.42 Å². The molecule has 1 aliphatic rings. The molecule has 7 nitrogen and oxygen atoms in total. The highest BCUT2D eigenvalue weighted by Crippen LogP contribution is 2.25. The molecule has 2 N–H and O–H groups in total. The molecule has 0 unspecified atom stereocenters. The molecule has 9 heteroatoms. The van der Waals surface area contributed by atoms with Crippen molar-refractivity contribution in [3.63, 3.8) is 0 Å². The van der Waals surface area contributed by atoms with Gasteiger partial charge in [0.2, 0.25) is 15.9 Å². The summed E-state index contributed by atoms with van der Waals surface area (Å²) in [4.78, 5) is 22.8. The molecule has 1 saturated heterocycles. The maximum Gasteiger partial charge on any atom is 0.303 e. The number of benzene rings is 1. The van der Waals surface area contributed by atoms with Gasteiger partial charge in [0, 0.05) is 19.5 Å². The first kappa shape index (κ1) is 19.3. The lowest BCUT2D eigenvalue weighted by Crippen LogP contribution is -2.51. The van der Waals surface area contributed by atoms with Gasteiger partial charge in [0.25, 0.3) is 0 Å². The molecule has 1 amide bonds. The van der Waals surface area contributed by atoms with Gasteiger partial charge in [0.15, 0.2) is 0 Å². The Kier molecular flexibility index (Phi) is 6.49. The van der Waals surface area contributed by atoms with Crippen LogP contribution in [0.3, 0.4) is 0 Å². The topological polar surface area (TPSA) is 104 Å². The quantitative estimate of drug-likeness (QED) is 0.703. The first-order valence-corrected chi connectivity index (χ1v) is 9.53. The van der Waals surface area contributed by atoms with E-state index in [1.165, 1.54) is 12.1 Å². The van der Waals surface area contributed by atoms with E-state index in [0.717, 1.165) is 22.9 Å². The van der Waals surface area contributed by atoms with Crippen LogP contribution in [0.25, 0.3) is 0 Å². The standard InChI is InChI=1S/C16H21FN2O5S/c17-12-6-8-13(9-7-12)25(23,24)19-11-2-1-4-14(19)16(22)18-10-3-5-15(20)21/h6-9,14H,1-5,10-11H2,(H,18,22)(H,20,21)/t14-/m0/s1. The summed E-state index contributed by atoms with van der Waals surface area (Å²) in [6.07, 6.45) is 1.97. The minimum atomic E-state index is -3.91. The smallest absolute Gasteiger partial charge is 0.303 e. The monoisotopic (exact) mass is 372 g/mol. The zero-order chi connectivity index (χ0) is 18.4. The molecule has 1 aliphatic heterocycles. The highest BCUT2D eigenvalue weighted by molar-refractivity contribution is 7.89. The molecule has 25 heavy (non-hydrogen) atoms. The fourth-order valence-corrected chi connectivity index (χ4v) is 4.42. The number of aliphatic carboxylic acids is 1. The number of piperidine rings is 1. The number of amides is 1. The molecule has 1 aromatic rings. The van der Waals surface area contributed by atoms with Gasteiger partial charge in [-0.25, -0.2) is 12.8 Å². The molecule has 1 heterocycles. The number of carboxylic acids is 1. The van der Waals surface area contributed by atoms with Gasteiger partial charge >= 0.3 is 5.97 Å². The summed E-state index contributed by atoms with van der Waals surface area (Å²) in [5.74, 6) is -1.92. The number of carbonyl (C=O) groups is 2. The molecule has 0 spiro atoms. The van der Waals surface area contributed by atoms with Crippen molar-refractivity contribution in [3.05, 3.63) is 30.1 Å². The van der Waals surface area contributed by atoms with E-state index in [2.05, 4.69) is 5.32 Å². The Labute approximate surface area is 145 Å². The molecular formula is C16H21FN2O5S. The number of carbonyl (C=O) groups excluding carboxylic acids is 1. The minimum Gasteiger partial charge on any atom is -0.481 e. The molecule has 0 aromatic heterocycles. The van der Waals surface area contributed by atoms with Crippen LogP contribution in [0.2, 0.25) is 0 Å². The fourth-order valence-electron chi connectivity index (χ4n) is 2.77. The maximum absolute atomic E-state index is 13.0. The average molecular weight is 372 g/mol. The third kappa shape index (κ3) is 4.99. The lowest BCUT2D eigenvalue weighted by molar-refractivity contribution is -0.137. The first-order chi connectivity index (χ1) is 11.8. The second kappa shape index (κ2) is 8.39. The Bertz CT molecular complexity index is 721. The normalized spacial score (nSPS) is 18.7. The number of halogens is 1. The van der Waals surface area contributed by atoms with Gasteiger partial charge in [-0.2, -0.15) is 4.31 Å². The lowest BCUT2D eigenvalue weighted by atomic mass is 10.0. The highest BCUT2D eigenvalue weighted by atomic mass is 32.2. The Hall–Kier alpha value is -2.00. The van der Waals surface area contributed by atoms with Crippen LogP contribution >= 0.6 is 0 Å². The summed E-state index contributed by atoms with van der Waals surface area (Å²) in [6.45, 7) is 0.388. The van der Waals surface area contributed by atoms with E-state index in [-0.39, 0.29) is 30.8 Å². The van der Waals surface area contributed by atoms with Crippen molar-refractivity contribution in [1.82, 2.24) is 9.62 Å². The zero-order valence-corrected chi connectivity index (χ0v) is 14.5. The van der Waals surface area contributed by atoms with E-state index < -0.39 is 33.8 Å². The van der Waals surface area contributed by atoms with Crippen LogP contribution in [-0.4, -0.2) is 48.8 Å². The Morgan fingerprint density at radius 3 is 2.56 bits per heavy atom. The van der Waals surface area contributed by atoms with Crippen molar-refractivity contribution >= 4 is 21.9 Å². The number of nitrogens with one attached hydrogen (secondary N) is 1. The number of carboxylic acid groups (broad SMARTS) is 1. The molecule has 0 saturated carbocycles. The van der Waals surface area contributed by atoms with Crippen molar-refractivity contribution < 1.29 is 27.5 Å². The van der Waals surface area contributed by atoms with E-state index in [4.69, 9.17) is 5.11 Å². The Morgan fingerprint density at radius 2 is 1.92 bits per heavy atom. The van der Waals surface area contributed by atoms with Crippen molar-refractivity contribution in [1.29, 1.82) is 0 Å². The van der Waals surface area contributed by atoms with Gasteiger partial charge in [-0.15, -0.1) is 0 Å². The molecule has 0 aliphatic carbocycles. The third-order valence-corrected chi connectivity index (χ3v) is 5.97. The molecule has 138 valence electrons. The number of rotatable bonds is 7. The summed E-state index contributed by atoms with van der Waals surface area (Å²) in [7, 11) is -3.91. The molecule has 0 bridgehead atoms. The van der Waals surface area contributed by atoms with Gasteiger partial charge in [-0.05, 0) is 43.5 Å². The average Bonchev–Trinajstić information content (AvgIpc) is 2.58. The first-order valence-electron chi connectivity index (χ1n) is 8.09. The van der Waals surface area contributed by atoms with Crippen LogP contribution in [0.15, 0.2) is 29.2 Å². The van der Waals surface area contributed by atoms with Crippen molar-refractivity contribution in [3.8, 4) is 0 Å². The summed E-state index contributed by atoms with van der Waals surface area (Å²) >= 11 is 0. The number of nitrogens with zero attached hydrogens (tertiary/aromatic N) is 1. The van der Waals surface area contributed by atoms with Crippen LogP contribution in [0.5, 0.6) is 0 Å². The highest BCUT2D eigenvalue weighted by Gasteiger charge is 2.37. The molecule has 1 atom stereocenters. The van der Waals surface area contributed by atoms with Crippen LogP contribution in [-0.2, 0) is 19.6 Å². The molecular weight excluding hydrogens is 351 g/mol. The number of hydrogen-bond acceptors (Lipinski definition) is 4. The number of sulfonamides is 1. The van der Waals surface area contributed by atoms with Crippen LogP contribution in [0, 0.1) is 5.82 Å². The second-order valence-electron chi connectivity index (χ2n) is 5.87. The SMILES string of the molecule is O=C(O)CCCNC(=O)[C@@H]1CCCCN1S(=O)(=O)c1ccc(F)cc1. The van der Waals surface area contributed by atoms with Gasteiger partial charge in [0.05, 0.1) is 4.90 Å². The van der Waals surface area contributed by atoms with E-state index in [1.807, 2.05) is 0 Å². The summed E-state index contributed by atoms with van der Waals surface area (Å²) in [5.41, 5.74) is 0. The summed E-state index contributed by atoms with van der Waals surface area (Å²) < 4.78 is 39.7. The zero-order valence-electron chi connectivity index (χ0n) is 13.7. The van der Waals surface area contributed by atoms with E-state index in [0.29, 0.717) is 12.8 Å². The van der Waals surface area contributed by atoms with Gasteiger partial charge in [-0.3, -0.25) is 9.59 Å². The Morgan fingerprint density at radius 1 is 1.24 bits per heavy atom. The van der Waals surface area contributed by atoms with E-state index >= 15 is 0 Å². The third-order valence-electron chi connectivity index (χ3n) is 4.04. The van der Waals surface area contributed by atoms with Crippen LogP contribution in [0.1, 0.15) is 32.1 Å².